The van der Waals surface area contributed by atoms with Gasteiger partial charge in [0.1, 0.15) is 5.58 Å². The van der Waals surface area contributed by atoms with Gasteiger partial charge in [0.25, 0.3) is 0 Å². The van der Waals surface area contributed by atoms with Gasteiger partial charge in [-0.3, -0.25) is 4.79 Å². The molecule has 4 rings (SSSR count). The van der Waals surface area contributed by atoms with E-state index < -0.39 is 11.4 Å². The van der Waals surface area contributed by atoms with Crippen LogP contribution in [0.15, 0.2) is 57.7 Å². The molecule has 10 heteroatoms. The first kappa shape index (κ1) is 25.7. The lowest BCUT2D eigenvalue weighted by Crippen LogP contribution is -2.16. The Morgan fingerprint density at radius 3 is 1.97 bits per heavy atom. The number of methoxy groups -OCH3 is 5. The third-order valence-electron chi connectivity index (χ3n) is 5.55. The number of carbonyl (C=O) groups is 1. The van der Waals surface area contributed by atoms with E-state index in [1.54, 1.807) is 30.3 Å². The van der Waals surface area contributed by atoms with Crippen molar-refractivity contribution in [2.45, 2.75) is 0 Å². The van der Waals surface area contributed by atoms with Crippen LogP contribution in [0.5, 0.6) is 34.5 Å². The molecule has 0 fully saturated rings. The van der Waals surface area contributed by atoms with E-state index in [1.165, 1.54) is 53.7 Å². The SMILES string of the molecule is COc1ccc(-c2oc3ccc(Cl)cc3c(=O)c2OC(=O)c2cc(OC)c(OC)c(OC)c2)cc1OC. The lowest BCUT2D eigenvalue weighted by atomic mass is 10.1. The summed E-state index contributed by atoms with van der Waals surface area (Å²) in [5, 5.41) is 0.463. The van der Waals surface area contributed by atoms with Crippen molar-refractivity contribution in [1.82, 2.24) is 0 Å². The molecular formula is C27H23ClO9. The molecule has 0 aliphatic carbocycles. The monoisotopic (exact) mass is 526 g/mol. The van der Waals surface area contributed by atoms with Crippen LogP contribution in [-0.2, 0) is 0 Å². The molecule has 0 aliphatic rings. The molecule has 0 radical (unpaired) electrons. The Kier molecular flexibility index (Phi) is 7.45. The van der Waals surface area contributed by atoms with Crippen LogP contribution < -0.4 is 33.8 Å². The third kappa shape index (κ3) is 4.85. The Balaban J connectivity index is 1.90. The second-order valence-corrected chi connectivity index (χ2v) is 8.04. The van der Waals surface area contributed by atoms with Crippen LogP contribution in [0.3, 0.4) is 0 Å². The van der Waals surface area contributed by atoms with Gasteiger partial charge in [0.2, 0.25) is 16.9 Å². The molecule has 192 valence electrons. The molecule has 37 heavy (non-hydrogen) atoms. The van der Waals surface area contributed by atoms with Gasteiger partial charge in [0.15, 0.2) is 28.8 Å². The Morgan fingerprint density at radius 2 is 1.38 bits per heavy atom. The molecule has 1 aromatic heterocycles. The Hall–Kier alpha value is -4.37. The first-order chi connectivity index (χ1) is 17.8. The molecule has 1 heterocycles. The van der Waals surface area contributed by atoms with Crippen molar-refractivity contribution in [3.05, 3.63) is 69.3 Å². The van der Waals surface area contributed by atoms with Gasteiger partial charge in [-0.2, -0.15) is 0 Å². The van der Waals surface area contributed by atoms with Crippen molar-refractivity contribution in [3.63, 3.8) is 0 Å². The number of halogens is 1. The standard InChI is InChI=1S/C27H23ClO9/c1-31-19-8-6-14(10-20(19)32-2)24-26(23(29)17-13-16(28)7-9-18(17)36-24)37-27(30)15-11-21(33-3)25(35-5)22(12-15)34-4/h6-13H,1-5H3. The van der Waals surface area contributed by atoms with E-state index in [2.05, 4.69) is 0 Å². The smallest absolute Gasteiger partial charge is 0.344 e. The summed E-state index contributed by atoms with van der Waals surface area (Å²) in [7, 11) is 7.26. The first-order valence-electron chi connectivity index (χ1n) is 10.9. The van der Waals surface area contributed by atoms with E-state index >= 15 is 0 Å². The number of benzene rings is 3. The van der Waals surface area contributed by atoms with Crippen LogP contribution >= 0.6 is 11.6 Å². The second-order valence-electron chi connectivity index (χ2n) is 7.60. The molecule has 0 saturated carbocycles. The quantitative estimate of drug-likeness (QED) is 0.280. The predicted octanol–water partition coefficient (Wildman–Crippen LogP) is 5.38. The van der Waals surface area contributed by atoms with Gasteiger partial charge in [-0.15, -0.1) is 0 Å². The largest absolute Gasteiger partial charge is 0.493 e. The number of rotatable bonds is 8. The average Bonchev–Trinajstić information content (AvgIpc) is 2.93. The van der Waals surface area contributed by atoms with Crippen LogP contribution in [0.1, 0.15) is 10.4 Å². The highest BCUT2D eigenvalue weighted by Gasteiger charge is 2.24. The molecule has 0 amide bonds. The zero-order valence-corrected chi connectivity index (χ0v) is 21.4. The number of hydrogen-bond acceptors (Lipinski definition) is 9. The fourth-order valence-electron chi connectivity index (χ4n) is 3.76. The summed E-state index contributed by atoms with van der Waals surface area (Å²) >= 11 is 6.11. The number of carbonyl (C=O) groups excluding carboxylic acids is 1. The third-order valence-corrected chi connectivity index (χ3v) is 5.79. The second kappa shape index (κ2) is 10.7. The molecular weight excluding hydrogens is 504 g/mol. The maximum absolute atomic E-state index is 13.5. The van der Waals surface area contributed by atoms with Crippen LogP contribution in [0.2, 0.25) is 5.02 Å². The van der Waals surface area contributed by atoms with Crippen molar-refractivity contribution in [2.24, 2.45) is 0 Å². The molecule has 0 saturated heterocycles. The number of fused-ring (bicyclic) bond motifs is 1. The van der Waals surface area contributed by atoms with Gasteiger partial charge in [0, 0.05) is 10.6 Å². The fourth-order valence-corrected chi connectivity index (χ4v) is 3.93. The van der Waals surface area contributed by atoms with Crippen LogP contribution in [-0.4, -0.2) is 41.5 Å². The van der Waals surface area contributed by atoms with Crippen molar-refractivity contribution >= 4 is 28.5 Å². The molecule has 0 unspecified atom stereocenters. The van der Waals surface area contributed by atoms with Gasteiger partial charge in [0.05, 0.1) is 46.5 Å². The van der Waals surface area contributed by atoms with Crippen LogP contribution in [0, 0.1) is 0 Å². The predicted molar refractivity (Wildman–Crippen MR) is 137 cm³/mol. The maximum atomic E-state index is 13.5. The maximum Gasteiger partial charge on any atom is 0.344 e. The number of esters is 1. The lowest BCUT2D eigenvalue weighted by Gasteiger charge is -2.15. The van der Waals surface area contributed by atoms with Gasteiger partial charge >= 0.3 is 5.97 Å². The van der Waals surface area contributed by atoms with E-state index in [9.17, 15) is 9.59 Å². The summed E-state index contributed by atoms with van der Waals surface area (Å²) in [4.78, 5) is 26.8. The highest BCUT2D eigenvalue weighted by Crippen LogP contribution is 2.40. The summed E-state index contributed by atoms with van der Waals surface area (Å²) in [5.41, 5.74) is 0.138. The fraction of sp³-hybridized carbons (Fsp3) is 0.185. The van der Waals surface area contributed by atoms with Crippen molar-refractivity contribution in [3.8, 4) is 45.8 Å². The molecule has 0 N–H and O–H groups in total. The van der Waals surface area contributed by atoms with Gasteiger partial charge in [-0.25, -0.2) is 4.79 Å². The highest BCUT2D eigenvalue weighted by molar-refractivity contribution is 6.31. The summed E-state index contributed by atoms with van der Waals surface area (Å²) in [6, 6.07) is 12.3. The molecule has 9 nitrogen and oxygen atoms in total. The topological polar surface area (TPSA) is 103 Å². The first-order valence-corrected chi connectivity index (χ1v) is 11.2. The summed E-state index contributed by atoms with van der Waals surface area (Å²) < 4.78 is 38.3. The van der Waals surface area contributed by atoms with Crippen molar-refractivity contribution < 1.29 is 37.6 Å². The zero-order valence-electron chi connectivity index (χ0n) is 20.7. The molecule has 3 aromatic carbocycles. The normalized spacial score (nSPS) is 10.6. The lowest BCUT2D eigenvalue weighted by molar-refractivity contribution is 0.0730. The molecule has 0 atom stereocenters. The highest BCUT2D eigenvalue weighted by atomic mass is 35.5. The van der Waals surface area contributed by atoms with Crippen LogP contribution in [0.25, 0.3) is 22.3 Å². The van der Waals surface area contributed by atoms with E-state index in [1.807, 2.05) is 0 Å². The van der Waals surface area contributed by atoms with E-state index in [0.717, 1.165) is 0 Å². The van der Waals surface area contributed by atoms with E-state index in [4.69, 9.17) is 44.4 Å². The van der Waals surface area contributed by atoms with Crippen molar-refractivity contribution in [2.75, 3.05) is 35.5 Å². The van der Waals surface area contributed by atoms with Crippen molar-refractivity contribution in [1.29, 1.82) is 0 Å². The summed E-state index contributed by atoms with van der Waals surface area (Å²) in [6.45, 7) is 0. The minimum Gasteiger partial charge on any atom is -0.493 e. The average molecular weight is 527 g/mol. The van der Waals surface area contributed by atoms with Gasteiger partial charge in [-0.1, -0.05) is 11.6 Å². The molecule has 0 aliphatic heterocycles. The van der Waals surface area contributed by atoms with E-state index in [-0.39, 0.29) is 39.5 Å². The van der Waals surface area contributed by atoms with E-state index in [0.29, 0.717) is 27.8 Å². The zero-order chi connectivity index (χ0) is 26.7. The minimum absolute atomic E-state index is 0.0153. The summed E-state index contributed by atoms with van der Waals surface area (Å²) in [5.74, 6) is 0.472. The molecule has 0 spiro atoms. The number of ether oxygens (including phenoxy) is 6. The molecule has 4 aromatic rings. The Labute approximate surface area is 217 Å². The summed E-state index contributed by atoms with van der Waals surface area (Å²) in [6.07, 6.45) is 0. The minimum atomic E-state index is -0.852. The Morgan fingerprint density at radius 1 is 0.730 bits per heavy atom. The van der Waals surface area contributed by atoms with Crippen LogP contribution in [0.4, 0.5) is 0 Å². The Bertz CT molecular complexity index is 1520. The number of hydrogen-bond donors (Lipinski definition) is 0. The van der Waals surface area contributed by atoms with Gasteiger partial charge in [-0.05, 0) is 48.5 Å². The van der Waals surface area contributed by atoms with Gasteiger partial charge < -0.3 is 32.8 Å². The molecule has 0 bridgehead atoms.